The van der Waals surface area contributed by atoms with Gasteiger partial charge in [0.15, 0.2) is 0 Å². The molecule has 3 heterocycles. The second kappa shape index (κ2) is 22.3. The molecule has 0 bridgehead atoms. The maximum absolute atomic E-state index is 11.4. The summed E-state index contributed by atoms with van der Waals surface area (Å²) in [4.78, 5) is 35.3. The zero-order valence-corrected chi connectivity index (χ0v) is 30.8. The van der Waals surface area contributed by atoms with Crippen LogP contribution in [0.15, 0.2) is 127 Å². The molecule has 0 N–H and O–H groups in total. The third-order valence-corrected chi connectivity index (χ3v) is 11.4. The second-order valence-corrected chi connectivity index (χ2v) is 16.2. The number of nitrogens with zero attached hydrogens (tertiary/aromatic N) is 6. The summed E-state index contributed by atoms with van der Waals surface area (Å²) in [5, 5.41) is 0. The average molecular weight is 683 g/mol. The number of unbranched alkanes of at least 4 members (excludes halogenated alkanes) is 3. The van der Waals surface area contributed by atoms with E-state index in [1.54, 1.807) is 60.7 Å². The van der Waals surface area contributed by atoms with Crippen molar-refractivity contribution in [1.29, 1.82) is 0 Å². The zero-order chi connectivity index (χ0) is 34.5. The molecule has 0 aliphatic rings. The van der Waals surface area contributed by atoms with Gasteiger partial charge in [-0.2, -0.15) is 10.1 Å². The molecule has 0 saturated carbocycles. The van der Waals surface area contributed by atoms with Crippen molar-refractivity contribution >= 4 is 16.8 Å². The van der Waals surface area contributed by atoms with Gasteiger partial charge >= 0.3 is 0 Å². The summed E-state index contributed by atoms with van der Waals surface area (Å²) in [6, 6.07) is 17.2. The highest BCUT2D eigenvalue weighted by atomic mass is 32.5. The predicted octanol–water partition coefficient (Wildman–Crippen LogP) is 3.82. The number of hydrogen-bond acceptors (Lipinski definition) is 3. The van der Waals surface area contributed by atoms with Crippen molar-refractivity contribution in [3.8, 4) is 0 Å². The molecule has 0 amide bonds. The molecule has 11 heteroatoms. The lowest BCUT2D eigenvalue weighted by Gasteiger charge is -2.52. The number of aryl methyl sites for hydroxylation is 6. The van der Waals surface area contributed by atoms with E-state index in [0.717, 1.165) is 19.6 Å². The van der Waals surface area contributed by atoms with Crippen LogP contribution in [0.25, 0.3) is 0 Å². The molecule has 0 aliphatic carbocycles. The number of imidazole rings is 3. The van der Waals surface area contributed by atoms with Crippen LogP contribution in [0.4, 0.5) is 0 Å². The summed E-state index contributed by atoms with van der Waals surface area (Å²) in [7, 11) is 4.71. The first-order chi connectivity index (χ1) is 22.6. The van der Waals surface area contributed by atoms with E-state index in [0.29, 0.717) is 9.79 Å². The van der Waals surface area contributed by atoms with E-state index < -0.39 is 16.8 Å². The van der Waals surface area contributed by atoms with Crippen molar-refractivity contribution in [2.75, 3.05) is 0 Å². The van der Waals surface area contributed by atoms with Crippen molar-refractivity contribution in [1.82, 2.24) is 13.7 Å². The van der Waals surface area contributed by atoms with Crippen molar-refractivity contribution in [3.63, 3.8) is 0 Å². The van der Waals surface area contributed by atoms with Crippen LogP contribution in [0.3, 0.4) is 0 Å². The maximum atomic E-state index is 11.4. The minimum atomic E-state index is -4.69. The number of rotatable bonds is 11. The van der Waals surface area contributed by atoms with E-state index in [9.17, 15) is 14.7 Å². The Morgan fingerprint density at radius 2 is 0.830 bits per heavy atom. The van der Waals surface area contributed by atoms with E-state index >= 15 is 0 Å². The van der Waals surface area contributed by atoms with Gasteiger partial charge in [-0.3, -0.25) is 0 Å². The standard InChI is InChI=1S/C12H10O3PS.3C8H15N2/c13-16(14,15)17(11-7-3-1-4-8-11)12-9-5-2-6-10-12;3*1-3-4-5-10-7-6-9(2)8-10/h1-10H;3*6-8H,3-5H2,1-2H3/q-3;3*+1. The predicted molar refractivity (Wildman–Crippen MR) is 185 cm³/mol. The Morgan fingerprint density at radius 3 is 1.04 bits per heavy atom. The topological polar surface area (TPSA) is 95.6 Å². The Bertz CT molecular complexity index is 1420. The highest BCUT2D eigenvalue weighted by Gasteiger charge is 2.01. The van der Waals surface area contributed by atoms with E-state index in [4.69, 9.17) is 0 Å². The lowest BCUT2D eigenvalue weighted by molar-refractivity contribution is -0.696. The van der Waals surface area contributed by atoms with Gasteiger partial charge in [-0.25, -0.2) is 27.4 Å². The normalized spacial score (nSPS) is 10.8. The van der Waals surface area contributed by atoms with E-state index in [1.165, 1.54) is 38.5 Å². The highest BCUT2D eigenvalue weighted by Crippen LogP contribution is 2.32. The Labute approximate surface area is 284 Å². The molecule has 5 rings (SSSR count). The molecule has 47 heavy (non-hydrogen) atoms. The fourth-order valence-corrected chi connectivity index (χ4v) is 8.32. The monoisotopic (exact) mass is 682 g/mol. The Hall–Kier alpha value is -3.27. The largest absolute Gasteiger partial charge is 0.847 e. The third-order valence-electron chi connectivity index (χ3n) is 6.94. The van der Waals surface area contributed by atoms with E-state index in [1.807, 2.05) is 21.1 Å². The molecule has 0 atom stereocenters. The molecule has 0 aliphatic heterocycles. The molecule has 0 fully saturated rings. The molecule has 0 radical (unpaired) electrons. The van der Waals surface area contributed by atoms with Gasteiger partial charge in [0, 0.05) is 9.79 Å². The quantitative estimate of drug-likeness (QED) is 0.157. The average Bonchev–Trinajstić information content (AvgIpc) is 3.80. The third kappa shape index (κ3) is 16.4. The molecule has 9 nitrogen and oxygen atoms in total. The number of hydrogen-bond donors (Lipinski definition) is 0. The van der Waals surface area contributed by atoms with Crippen molar-refractivity contribution in [3.05, 3.63) is 117 Å². The minimum absolute atomic E-state index is 0.534. The molecule has 5 aromatic rings. The lowest BCUT2D eigenvalue weighted by atomic mass is 10.3. The summed E-state index contributed by atoms with van der Waals surface area (Å²) in [5.74, 6) is 0. The van der Waals surface area contributed by atoms with Gasteiger partial charge in [0.05, 0.1) is 40.8 Å². The van der Waals surface area contributed by atoms with Crippen LogP contribution in [0.5, 0.6) is 0 Å². The first-order valence-electron chi connectivity index (χ1n) is 16.5. The van der Waals surface area contributed by atoms with Gasteiger partial charge < -0.3 is 21.4 Å². The summed E-state index contributed by atoms with van der Waals surface area (Å²) in [5.41, 5.74) is 0. The van der Waals surface area contributed by atoms with Crippen LogP contribution in [-0.2, 0) is 50.9 Å². The van der Waals surface area contributed by atoms with Gasteiger partial charge in [-0.1, -0.05) is 76.4 Å². The van der Waals surface area contributed by atoms with Crippen LogP contribution >= 0.6 is 6.72 Å². The van der Waals surface area contributed by atoms with E-state index in [-0.39, 0.29) is 0 Å². The van der Waals surface area contributed by atoms with Crippen LogP contribution in [-0.4, -0.2) is 13.7 Å². The fraction of sp³-hybridized carbons (Fsp3) is 0.417. The zero-order valence-electron chi connectivity index (χ0n) is 29.1. The number of benzene rings is 2. The molecular weight excluding hydrogens is 627 g/mol. The van der Waals surface area contributed by atoms with Crippen LogP contribution in [0.2, 0.25) is 0 Å². The SMILES string of the molecule is CCCC[n+]1ccn(C)c1.CCCC[n+]1ccn(C)c1.CCCC[n+]1ccn(C)c1.[O-]P([O-])([O-])=S(c1ccccc1)c1ccccc1. The van der Waals surface area contributed by atoms with Crippen molar-refractivity contribution < 1.29 is 28.4 Å². The van der Waals surface area contributed by atoms with Crippen molar-refractivity contribution in [2.45, 2.75) is 88.7 Å². The molecule has 0 spiro atoms. The smallest absolute Gasteiger partial charge is 0.243 e. The summed E-state index contributed by atoms with van der Waals surface area (Å²) >= 11 is 0. The number of aromatic nitrogens is 6. The highest BCUT2D eigenvalue weighted by molar-refractivity contribution is 8.26. The lowest BCUT2D eigenvalue weighted by Crippen LogP contribution is -2.30. The summed E-state index contributed by atoms with van der Waals surface area (Å²) in [6.45, 7) is 5.39. The molecule has 258 valence electrons. The molecule has 3 aromatic heterocycles. The summed E-state index contributed by atoms with van der Waals surface area (Å²) < 4.78 is 12.8. The van der Waals surface area contributed by atoms with Gasteiger partial charge in [0.1, 0.15) is 37.2 Å². The van der Waals surface area contributed by atoms with Crippen molar-refractivity contribution in [2.24, 2.45) is 21.1 Å². The molecular formula is C36H55N6O3PS. The minimum Gasteiger partial charge on any atom is -0.847 e. The first-order valence-corrected chi connectivity index (χ1v) is 19.8. The van der Waals surface area contributed by atoms with Gasteiger partial charge in [0.25, 0.3) is 0 Å². The first kappa shape index (κ1) is 39.9. The maximum Gasteiger partial charge on any atom is 0.243 e. The van der Waals surface area contributed by atoms with Crippen LogP contribution in [0.1, 0.15) is 59.3 Å². The van der Waals surface area contributed by atoms with E-state index in [2.05, 4.69) is 104 Å². The Kier molecular flexibility index (Phi) is 19.0. The molecule has 0 saturated heterocycles. The second-order valence-electron chi connectivity index (χ2n) is 11.4. The Morgan fingerprint density at radius 1 is 0.532 bits per heavy atom. The fourth-order valence-electron chi connectivity index (χ4n) is 4.42. The molecule has 2 aromatic carbocycles. The van der Waals surface area contributed by atoms with Crippen LogP contribution in [0, 0.1) is 0 Å². The molecule has 0 unspecified atom stereocenters. The van der Waals surface area contributed by atoms with Crippen LogP contribution < -0.4 is 28.4 Å². The Balaban J connectivity index is 0.000000226. The van der Waals surface area contributed by atoms with Gasteiger partial charge in [-0.05, 0) is 43.5 Å². The van der Waals surface area contributed by atoms with Gasteiger partial charge in [-0.15, -0.1) is 0 Å². The van der Waals surface area contributed by atoms with Gasteiger partial charge in [0.2, 0.25) is 19.0 Å². The summed E-state index contributed by atoms with van der Waals surface area (Å²) in [6.07, 6.45) is 26.5.